The van der Waals surface area contributed by atoms with Crippen LogP contribution in [0.2, 0.25) is 0 Å². The molecule has 24 heavy (non-hydrogen) atoms. The molecule has 2 aromatic carbocycles. The van der Waals surface area contributed by atoms with E-state index in [1.807, 2.05) is 18.2 Å². The summed E-state index contributed by atoms with van der Waals surface area (Å²) in [6.07, 6.45) is 1.35. The van der Waals surface area contributed by atoms with E-state index in [1.165, 1.54) is 18.3 Å². The molecule has 0 saturated heterocycles. The van der Waals surface area contributed by atoms with Gasteiger partial charge in [-0.05, 0) is 34.1 Å². The van der Waals surface area contributed by atoms with Crippen molar-refractivity contribution in [3.8, 4) is 0 Å². The van der Waals surface area contributed by atoms with Crippen LogP contribution in [0.3, 0.4) is 0 Å². The summed E-state index contributed by atoms with van der Waals surface area (Å²) in [6.45, 7) is 0.0342. The highest BCUT2D eigenvalue weighted by Gasteiger charge is 2.05. The molecule has 0 unspecified atom stereocenters. The Kier molecular flexibility index (Phi) is 6.44. The number of hydrogen-bond donors (Lipinski definition) is 2. The summed E-state index contributed by atoms with van der Waals surface area (Å²) >= 11 is 6.74. The van der Waals surface area contributed by atoms with Gasteiger partial charge in [0.15, 0.2) is 0 Å². The first-order chi connectivity index (χ1) is 11.5. The van der Waals surface area contributed by atoms with Crippen molar-refractivity contribution >= 4 is 55.4 Å². The van der Waals surface area contributed by atoms with E-state index in [2.05, 4.69) is 47.7 Å². The second-order valence-electron chi connectivity index (χ2n) is 4.62. The molecule has 0 fully saturated rings. The molecular formula is C15H12Br2N4O3. The number of non-ortho nitro benzene ring substituents is 1. The van der Waals surface area contributed by atoms with Crippen molar-refractivity contribution in [3.63, 3.8) is 0 Å². The Morgan fingerprint density at radius 2 is 2.04 bits per heavy atom. The fourth-order valence-electron chi connectivity index (χ4n) is 1.75. The predicted molar refractivity (Wildman–Crippen MR) is 99.2 cm³/mol. The van der Waals surface area contributed by atoms with Gasteiger partial charge in [-0.1, -0.05) is 28.1 Å². The van der Waals surface area contributed by atoms with Crippen molar-refractivity contribution in [2.24, 2.45) is 5.10 Å². The fourth-order valence-corrected chi connectivity index (χ4v) is 2.93. The molecule has 0 aromatic heterocycles. The van der Waals surface area contributed by atoms with Crippen LogP contribution in [0.25, 0.3) is 0 Å². The van der Waals surface area contributed by atoms with E-state index < -0.39 is 4.92 Å². The SMILES string of the molecule is O=C(CNc1ccc(Br)cc1Br)N/N=C/c1cccc([N+](=O)[O-])c1. The van der Waals surface area contributed by atoms with Crippen LogP contribution >= 0.6 is 31.9 Å². The Labute approximate surface area is 154 Å². The van der Waals surface area contributed by atoms with E-state index in [-0.39, 0.29) is 18.1 Å². The first-order valence-electron chi connectivity index (χ1n) is 6.71. The molecule has 0 atom stereocenters. The monoisotopic (exact) mass is 454 g/mol. The van der Waals surface area contributed by atoms with E-state index in [0.717, 1.165) is 14.6 Å². The van der Waals surface area contributed by atoms with Crippen LogP contribution < -0.4 is 10.7 Å². The number of rotatable bonds is 6. The average Bonchev–Trinajstić information content (AvgIpc) is 2.54. The first kappa shape index (κ1) is 18.1. The molecule has 1 amide bonds. The maximum atomic E-state index is 11.7. The van der Waals surface area contributed by atoms with Crippen molar-refractivity contribution in [2.75, 3.05) is 11.9 Å². The van der Waals surface area contributed by atoms with Crippen LogP contribution in [0.15, 0.2) is 56.5 Å². The third-order valence-electron chi connectivity index (χ3n) is 2.85. The van der Waals surface area contributed by atoms with Gasteiger partial charge in [-0.15, -0.1) is 0 Å². The highest BCUT2D eigenvalue weighted by molar-refractivity contribution is 9.11. The summed E-state index contributed by atoms with van der Waals surface area (Å²) in [5.74, 6) is -0.341. The van der Waals surface area contributed by atoms with Gasteiger partial charge in [0.1, 0.15) is 0 Å². The number of amides is 1. The highest BCUT2D eigenvalue weighted by atomic mass is 79.9. The number of halogens is 2. The van der Waals surface area contributed by atoms with Gasteiger partial charge in [-0.3, -0.25) is 14.9 Å². The second kappa shape index (κ2) is 8.55. The lowest BCUT2D eigenvalue weighted by Gasteiger charge is -2.07. The zero-order valence-electron chi connectivity index (χ0n) is 12.2. The minimum Gasteiger partial charge on any atom is -0.375 e. The number of nitro groups is 1. The molecule has 2 rings (SSSR count). The topological polar surface area (TPSA) is 96.6 Å². The zero-order chi connectivity index (χ0) is 17.5. The number of hydrazone groups is 1. The van der Waals surface area contributed by atoms with Crippen LogP contribution in [0.5, 0.6) is 0 Å². The third kappa shape index (κ3) is 5.43. The predicted octanol–water partition coefficient (Wildman–Crippen LogP) is 3.68. The normalized spacial score (nSPS) is 10.6. The molecule has 2 aromatic rings. The summed E-state index contributed by atoms with van der Waals surface area (Å²) in [5.41, 5.74) is 3.61. The number of carbonyl (C=O) groups excluding carboxylic acids is 1. The van der Waals surface area contributed by atoms with Gasteiger partial charge in [-0.2, -0.15) is 5.10 Å². The van der Waals surface area contributed by atoms with Gasteiger partial charge in [0.25, 0.3) is 11.6 Å². The Morgan fingerprint density at radius 1 is 1.25 bits per heavy atom. The molecule has 0 aliphatic rings. The lowest BCUT2D eigenvalue weighted by Crippen LogP contribution is -2.26. The molecule has 124 valence electrons. The zero-order valence-corrected chi connectivity index (χ0v) is 15.4. The number of anilines is 1. The van der Waals surface area contributed by atoms with E-state index >= 15 is 0 Å². The molecule has 0 aliphatic carbocycles. The van der Waals surface area contributed by atoms with Crippen molar-refractivity contribution in [3.05, 3.63) is 67.1 Å². The maximum Gasteiger partial charge on any atom is 0.270 e. The summed E-state index contributed by atoms with van der Waals surface area (Å²) in [6, 6.07) is 11.5. The van der Waals surface area contributed by atoms with Gasteiger partial charge >= 0.3 is 0 Å². The third-order valence-corrected chi connectivity index (χ3v) is 4.00. The van der Waals surface area contributed by atoms with Crippen LogP contribution in [-0.4, -0.2) is 23.6 Å². The van der Waals surface area contributed by atoms with Crippen LogP contribution in [0, 0.1) is 10.1 Å². The number of carbonyl (C=O) groups is 1. The Balaban J connectivity index is 1.86. The number of nitrogens with zero attached hydrogens (tertiary/aromatic N) is 2. The van der Waals surface area contributed by atoms with Gasteiger partial charge in [0.05, 0.1) is 17.7 Å². The average molecular weight is 456 g/mol. The number of hydrogen-bond acceptors (Lipinski definition) is 5. The molecule has 9 heteroatoms. The molecule has 0 radical (unpaired) electrons. The molecule has 7 nitrogen and oxygen atoms in total. The van der Waals surface area contributed by atoms with Gasteiger partial charge in [-0.25, -0.2) is 5.43 Å². The highest BCUT2D eigenvalue weighted by Crippen LogP contribution is 2.25. The first-order valence-corrected chi connectivity index (χ1v) is 8.29. The Morgan fingerprint density at radius 3 is 2.75 bits per heavy atom. The Bertz CT molecular complexity index is 796. The minimum atomic E-state index is -0.490. The van der Waals surface area contributed by atoms with E-state index in [9.17, 15) is 14.9 Å². The number of nitrogens with one attached hydrogen (secondary N) is 2. The largest absolute Gasteiger partial charge is 0.375 e. The van der Waals surface area contributed by atoms with Crippen LogP contribution in [0.1, 0.15) is 5.56 Å². The van der Waals surface area contributed by atoms with Crippen molar-refractivity contribution in [1.29, 1.82) is 0 Å². The molecule has 0 aliphatic heterocycles. The maximum absolute atomic E-state index is 11.7. The van der Waals surface area contributed by atoms with E-state index in [4.69, 9.17) is 0 Å². The number of nitro benzene ring substituents is 1. The van der Waals surface area contributed by atoms with E-state index in [0.29, 0.717) is 5.56 Å². The summed E-state index contributed by atoms with van der Waals surface area (Å²) in [5, 5.41) is 17.4. The molecule has 0 saturated carbocycles. The summed E-state index contributed by atoms with van der Waals surface area (Å²) < 4.78 is 1.75. The molecule has 0 spiro atoms. The van der Waals surface area contributed by atoms with E-state index in [1.54, 1.807) is 12.1 Å². The fraction of sp³-hybridized carbons (Fsp3) is 0.0667. The summed E-state index contributed by atoms with van der Waals surface area (Å²) in [4.78, 5) is 21.9. The van der Waals surface area contributed by atoms with Crippen LogP contribution in [0.4, 0.5) is 11.4 Å². The lowest BCUT2D eigenvalue weighted by molar-refractivity contribution is -0.384. The number of benzene rings is 2. The Hall–Kier alpha value is -2.26. The van der Waals surface area contributed by atoms with Gasteiger partial charge in [0, 0.05) is 32.3 Å². The quantitative estimate of drug-likeness (QED) is 0.394. The summed E-state index contributed by atoms with van der Waals surface area (Å²) in [7, 11) is 0. The standard InChI is InChI=1S/C15H12Br2N4O3/c16-11-4-5-14(13(17)7-11)18-9-15(22)20-19-8-10-2-1-3-12(6-10)21(23)24/h1-8,18H,9H2,(H,20,22)/b19-8+. The molecule has 2 N–H and O–H groups in total. The van der Waals surface area contributed by atoms with Gasteiger partial charge < -0.3 is 5.32 Å². The second-order valence-corrected chi connectivity index (χ2v) is 6.39. The van der Waals surface area contributed by atoms with Crippen molar-refractivity contribution < 1.29 is 9.72 Å². The van der Waals surface area contributed by atoms with Crippen molar-refractivity contribution in [2.45, 2.75) is 0 Å². The van der Waals surface area contributed by atoms with Gasteiger partial charge in [0.2, 0.25) is 0 Å². The smallest absolute Gasteiger partial charge is 0.270 e. The van der Waals surface area contributed by atoms with Crippen LogP contribution in [-0.2, 0) is 4.79 Å². The van der Waals surface area contributed by atoms with Crippen molar-refractivity contribution in [1.82, 2.24) is 5.43 Å². The molecular weight excluding hydrogens is 444 g/mol. The molecule has 0 heterocycles. The lowest BCUT2D eigenvalue weighted by atomic mass is 10.2. The molecule has 0 bridgehead atoms. The minimum absolute atomic E-state index is 0.0342.